The lowest BCUT2D eigenvalue weighted by Crippen LogP contribution is -2.18. The normalized spacial score (nSPS) is 10.3. The molecule has 2 aromatic rings. The van der Waals surface area contributed by atoms with E-state index in [1.165, 1.54) is 22.9 Å². The van der Waals surface area contributed by atoms with Crippen LogP contribution in [0.3, 0.4) is 0 Å². The number of carbonyl (C=O) groups is 1. The summed E-state index contributed by atoms with van der Waals surface area (Å²) >= 11 is 2.18. The minimum absolute atomic E-state index is 0.0881. The summed E-state index contributed by atoms with van der Waals surface area (Å²) in [5.41, 5.74) is 1.62. The topological polar surface area (TPSA) is 59.3 Å². The molecule has 0 saturated heterocycles. The van der Waals surface area contributed by atoms with E-state index in [0.29, 0.717) is 5.69 Å². The molecule has 0 saturated carbocycles. The molecular formula is C13H10INO3. The molecule has 0 bridgehead atoms. The van der Waals surface area contributed by atoms with Gasteiger partial charge in [0.2, 0.25) is 0 Å². The van der Waals surface area contributed by atoms with Gasteiger partial charge in [0.15, 0.2) is 0 Å². The fraction of sp³-hybridized carbons (Fsp3) is 0.0769. The van der Waals surface area contributed by atoms with Crippen LogP contribution < -0.4 is 5.56 Å². The van der Waals surface area contributed by atoms with Crippen molar-refractivity contribution in [2.24, 2.45) is 0 Å². The van der Waals surface area contributed by atoms with Crippen molar-refractivity contribution in [1.82, 2.24) is 4.57 Å². The maximum Gasteiger partial charge on any atom is 0.337 e. The van der Waals surface area contributed by atoms with E-state index in [9.17, 15) is 9.59 Å². The predicted octanol–water partition coefficient (Wildman–Crippen LogP) is 2.45. The molecule has 2 rings (SSSR count). The number of aromatic carboxylic acids is 1. The molecule has 0 aliphatic heterocycles. The van der Waals surface area contributed by atoms with E-state index < -0.39 is 5.97 Å². The van der Waals surface area contributed by atoms with E-state index in [0.717, 1.165) is 9.13 Å². The van der Waals surface area contributed by atoms with E-state index in [1.54, 1.807) is 6.07 Å². The highest BCUT2D eigenvalue weighted by molar-refractivity contribution is 14.1. The summed E-state index contributed by atoms with van der Waals surface area (Å²) in [4.78, 5) is 22.7. The van der Waals surface area contributed by atoms with Crippen molar-refractivity contribution in [2.45, 2.75) is 6.92 Å². The van der Waals surface area contributed by atoms with Crippen molar-refractivity contribution >= 4 is 28.6 Å². The Labute approximate surface area is 117 Å². The second-order valence-electron chi connectivity index (χ2n) is 3.86. The van der Waals surface area contributed by atoms with Crippen molar-refractivity contribution in [3.05, 3.63) is 61.6 Å². The third-order valence-electron chi connectivity index (χ3n) is 2.59. The monoisotopic (exact) mass is 355 g/mol. The SMILES string of the molecule is Cc1ccc(-n2cc(C(=O)O)ccc2=O)cc1I. The summed E-state index contributed by atoms with van der Waals surface area (Å²) in [5.74, 6) is -1.05. The molecule has 1 aromatic heterocycles. The van der Waals surface area contributed by atoms with Gasteiger partial charge < -0.3 is 5.11 Å². The number of hydrogen-bond donors (Lipinski definition) is 1. The van der Waals surface area contributed by atoms with Crippen LogP contribution in [0.4, 0.5) is 0 Å². The number of aryl methyl sites for hydroxylation is 1. The Balaban J connectivity index is 2.62. The molecule has 0 amide bonds. The lowest BCUT2D eigenvalue weighted by atomic mass is 10.2. The third kappa shape index (κ3) is 2.45. The molecule has 5 heteroatoms. The fourth-order valence-electron chi connectivity index (χ4n) is 1.55. The summed E-state index contributed by atoms with van der Waals surface area (Å²) in [5, 5.41) is 8.93. The Hall–Kier alpha value is -1.63. The molecule has 0 radical (unpaired) electrons. The van der Waals surface area contributed by atoms with Gasteiger partial charge in [-0.3, -0.25) is 9.36 Å². The van der Waals surface area contributed by atoms with E-state index in [-0.39, 0.29) is 11.1 Å². The number of carboxylic acid groups (broad SMARTS) is 1. The molecule has 0 atom stereocenters. The van der Waals surface area contributed by atoms with E-state index in [2.05, 4.69) is 22.6 Å². The first-order chi connectivity index (χ1) is 8.49. The molecule has 0 fully saturated rings. The second kappa shape index (κ2) is 4.93. The Morgan fingerprint density at radius 1 is 1.28 bits per heavy atom. The molecule has 1 N–H and O–H groups in total. The zero-order valence-electron chi connectivity index (χ0n) is 9.55. The first-order valence-corrected chi connectivity index (χ1v) is 6.29. The number of carboxylic acids is 1. The van der Waals surface area contributed by atoms with Gasteiger partial charge >= 0.3 is 5.97 Å². The molecule has 1 aromatic carbocycles. The van der Waals surface area contributed by atoms with E-state index in [1.807, 2.05) is 19.1 Å². The molecule has 0 aliphatic carbocycles. The first-order valence-electron chi connectivity index (χ1n) is 5.21. The summed E-state index contributed by atoms with van der Waals surface area (Å²) in [6.07, 6.45) is 1.34. The number of rotatable bonds is 2. The van der Waals surface area contributed by atoms with Gasteiger partial charge in [0.25, 0.3) is 5.56 Å². The van der Waals surface area contributed by atoms with Crippen LogP contribution >= 0.6 is 22.6 Å². The quantitative estimate of drug-likeness (QED) is 0.842. The standard InChI is InChI=1S/C13H10INO3/c1-8-2-4-10(6-11(8)14)15-7-9(13(17)18)3-5-12(15)16/h2-7H,1H3,(H,17,18). The Morgan fingerprint density at radius 2 is 2.00 bits per heavy atom. The van der Waals surface area contributed by atoms with E-state index >= 15 is 0 Å². The number of benzene rings is 1. The van der Waals surface area contributed by atoms with Gasteiger partial charge in [-0.05, 0) is 53.3 Å². The minimum Gasteiger partial charge on any atom is -0.478 e. The molecule has 18 heavy (non-hydrogen) atoms. The summed E-state index contributed by atoms with van der Waals surface area (Å²) in [7, 11) is 0. The molecular weight excluding hydrogens is 345 g/mol. The van der Waals surface area contributed by atoms with Crippen LogP contribution in [0, 0.1) is 10.5 Å². The Bertz CT molecular complexity index is 676. The van der Waals surface area contributed by atoms with Gasteiger partial charge in [-0.1, -0.05) is 6.07 Å². The van der Waals surface area contributed by atoms with Crippen LogP contribution in [0.1, 0.15) is 15.9 Å². The largest absolute Gasteiger partial charge is 0.478 e. The first kappa shape index (κ1) is 12.8. The summed E-state index contributed by atoms with van der Waals surface area (Å²) in [6.45, 7) is 1.97. The Kier molecular flexibility index (Phi) is 3.51. The van der Waals surface area contributed by atoms with Crippen LogP contribution in [0.25, 0.3) is 5.69 Å². The van der Waals surface area contributed by atoms with Gasteiger partial charge in [-0.2, -0.15) is 0 Å². The zero-order chi connectivity index (χ0) is 13.3. The maximum absolute atomic E-state index is 11.8. The summed E-state index contributed by atoms with van der Waals surface area (Å²) in [6, 6.07) is 8.11. The van der Waals surface area contributed by atoms with Crippen LogP contribution in [0.15, 0.2) is 41.3 Å². The van der Waals surface area contributed by atoms with Crippen molar-refractivity contribution in [3.63, 3.8) is 0 Å². The van der Waals surface area contributed by atoms with Gasteiger partial charge in [0, 0.05) is 21.5 Å². The Morgan fingerprint density at radius 3 is 2.61 bits per heavy atom. The average Bonchev–Trinajstić information content (AvgIpc) is 2.33. The number of pyridine rings is 1. The molecule has 0 spiro atoms. The number of aromatic nitrogens is 1. The lowest BCUT2D eigenvalue weighted by Gasteiger charge is -2.08. The second-order valence-corrected chi connectivity index (χ2v) is 5.03. The lowest BCUT2D eigenvalue weighted by molar-refractivity contribution is 0.0696. The maximum atomic E-state index is 11.8. The van der Waals surface area contributed by atoms with Crippen molar-refractivity contribution < 1.29 is 9.90 Å². The molecule has 92 valence electrons. The summed E-state index contributed by atoms with van der Waals surface area (Å²) < 4.78 is 2.36. The number of halogens is 1. The van der Waals surface area contributed by atoms with Crippen LogP contribution in [-0.2, 0) is 0 Å². The van der Waals surface area contributed by atoms with Crippen molar-refractivity contribution in [3.8, 4) is 5.69 Å². The average molecular weight is 355 g/mol. The number of hydrogen-bond acceptors (Lipinski definition) is 2. The predicted molar refractivity (Wildman–Crippen MR) is 76.5 cm³/mol. The van der Waals surface area contributed by atoms with Crippen LogP contribution in [0.5, 0.6) is 0 Å². The third-order valence-corrected chi connectivity index (χ3v) is 3.75. The fourth-order valence-corrected chi connectivity index (χ4v) is 2.05. The highest BCUT2D eigenvalue weighted by Crippen LogP contribution is 2.15. The molecule has 0 unspecified atom stereocenters. The minimum atomic E-state index is -1.05. The highest BCUT2D eigenvalue weighted by atomic mass is 127. The van der Waals surface area contributed by atoms with Crippen LogP contribution in [-0.4, -0.2) is 15.6 Å². The van der Waals surface area contributed by atoms with E-state index in [4.69, 9.17) is 5.11 Å². The van der Waals surface area contributed by atoms with Gasteiger partial charge in [0.05, 0.1) is 5.56 Å². The van der Waals surface area contributed by atoms with Gasteiger partial charge in [-0.15, -0.1) is 0 Å². The van der Waals surface area contributed by atoms with Crippen molar-refractivity contribution in [1.29, 1.82) is 0 Å². The number of nitrogens with zero attached hydrogens (tertiary/aromatic N) is 1. The smallest absolute Gasteiger partial charge is 0.337 e. The highest BCUT2D eigenvalue weighted by Gasteiger charge is 2.07. The van der Waals surface area contributed by atoms with Crippen LogP contribution in [0.2, 0.25) is 0 Å². The molecule has 4 nitrogen and oxygen atoms in total. The van der Waals surface area contributed by atoms with Gasteiger partial charge in [0.1, 0.15) is 0 Å². The van der Waals surface area contributed by atoms with Crippen molar-refractivity contribution in [2.75, 3.05) is 0 Å². The molecule has 1 heterocycles. The molecule has 0 aliphatic rings. The van der Waals surface area contributed by atoms with Gasteiger partial charge in [-0.25, -0.2) is 4.79 Å². The zero-order valence-corrected chi connectivity index (χ0v) is 11.7.